The molecule has 0 amide bonds. The van der Waals surface area contributed by atoms with E-state index in [1.165, 1.54) is 0 Å². The number of nitrogens with zero attached hydrogens (tertiary/aromatic N) is 1. The molecule has 1 aliphatic rings. The Labute approximate surface area is 205 Å². The molecule has 0 radical (unpaired) electrons. The van der Waals surface area contributed by atoms with Crippen LogP contribution in [0.25, 0.3) is 0 Å². The zero-order valence-corrected chi connectivity index (χ0v) is 19.7. The van der Waals surface area contributed by atoms with Crippen molar-refractivity contribution in [1.29, 1.82) is 0 Å². The van der Waals surface area contributed by atoms with Crippen molar-refractivity contribution in [2.24, 2.45) is 5.16 Å². The standard InChI is InChI=1S/C28H31NO6/c1-31-28-27(34-19-23-15-9-4-10-16-23)26(33-18-22-13-7-3-8-14-22)25(29-30)24(35-28)20-32-17-21-11-5-2-6-12-21/h2-16,24,26-28,30H,17-20H2,1H3/b29-25-/t24-,26+,27-,28+/m1/s1. The molecule has 7 nitrogen and oxygen atoms in total. The third-order valence-electron chi connectivity index (χ3n) is 5.77. The summed E-state index contributed by atoms with van der Waals surface area (Å²) in [6.45, 7) is 1.21. The van der Waals surface area contributed by atoms with Gasteiger partial charge in [0.05, 0.1) is 26.4 Å². The lowest BCUT2D eigenvalue weighted by atomic mass is 9.99. The number of rotatable bonds is 11. The zero-order chi connectivity index (χ0) is 24.3. The third kappa shape index (κ3) is 6.97. The molecular formula is C28H31NO6. The van der Waals surface area contributed by atoms with E-state index in [0.29, 0.717) is 25.5 Å². The van der Waals surface area contributed by atoms with E-state index in [1.54, 1.807) is 7.11 Å². The molecule has 3 aromatic rings. The van der Waals surface area contributed by atoms with Gasteiger partial charge >= 0.3 is 0 Å². The number of hydrogen-bond acceptors (Lipinski definition) is 7. The molecule has 0 aliphatic carbocycles. The highest BCUT2D eigenvalue weighted by Crippen LogP contribution is 2.27. The van der Waals surface area contributed by atoms with Gasteiger partial charge in [0.1, 0.15) is 24.0 Å². The number of methoxy groups -OCH3 is 1. The minimum atomic E-state index is -0.740. The molecule has 0 bridgehead atoms. The van der Waals surface area contributed by atoms with Gasteiger partial charge < -0.3 is 28.9 Å². The molecule has 0 aromatic heterocycles. The summed E-state index contributed by atoms with van der Waals surface area (Å²) in [7, 11) is 1.56. The van der Waals surface area contributed by atoms with Crippen molar-refractivity contribution in [3.63, 3.8) is 0 Å². The molecule has 0 saturated carbocycles. The highest BCUT2D eigenvalue weighted by atomic mass is 16.7. The Morgan fingerprint density at radius 3 is 1.77 bits per heavy atom. The van der Waals surface area contributed by atoms with E-state index in [9.17, 15) is 5.21 Å². The molecule has 3 aromatic carbocycles. The van der Waals surface area contributed by atoms with E-state index < -0.39 is 24.6 Å². The van der Waals surface area contributed by atoms with Crippen LogP contribution in [-0.2, 0) is 43.5 Å². The minimum Gasteiger partial charge on any atom is -0.411 e. The SMILES string of the molecule is CO[C@H]1O[C@H](COCc2ccccc2)/C(=N/O)[C@H](OCc2ccccc2)[C@H]1OCc1ccccc1. The highest BCUT2D eigenvalue weighted by molar-refractivity contribution is 5.93. The van der Waals surface area contributed by atoms with Crippen LogP contribution in [0, 0.1) is 0 Å². The Morgan fingerprint density at radius 2 is 1.26 bits per heavy atom. The maximum absolute atomic E-state index is 9.98. The van der Waals surface area contributed by atoms with Crippen molar-refractivity contribution in [3.8, 4) is 0 Å². The highest BCUT2D eigenvalue weighted by Gasteiger charge is 2.46. The minimum absolute atomic E-state index is 0.171. The molecule has 7 heteroatoms. The zero-order valence-electron chi connectivity index (χ0n) is 19.7. The second kappa shape index (κ2) is 13.1. The van der Waals surface area contributed by atoms with Crippen LogP contribution in [0.1, 0.15) is 16.7 Å². The first-order chi connectivity index (χ1) is 17.3. The summed E-state index contributed by atoms with van der Waals surface area (Å²) in [5.41, 5.74) is 3.33. The smallest absolute Gasteiger partial charge is 0.187 e. The molecule has 1 fully saturated rings. The van der Waals surface area contributed by atoms with Crippen LogP contribution in [0.4, 0.5) is 0 Å². The summed E-state index contributed by atoms with van der Waals surface area (Å²) >= 11 is 0. The Morgan fingerprint density at radius 1 is 0.743 bits per heavy atom. The van der Waals surface area contributed by atoms with Crippen LogP contribution >= 0.6 is 0 Å². The van der Waals surface area contributed by atoms with Gasteiger partial charge in [-0.3, -0.25) is 0 Å². The summed E-state index contributed by atoms with van der Waals surface area (Å²) < 4.78 is 30.1. The molecule has 0 spiro atoms. The van der Waals surface area contributed by atoms with Crippen molar-refractivity contribution in [2.45, 2.75) is 44.4 Å². The van der Waals surface area contributed by atoms with Crippen LogP contribution in [0.3, 0.4) is 0 Å². The summed E-state index contributed by atoms with van der Waals surface area (Å²) in [6.07, 6.45) is -2.76. The second-order valence-corrected chi connectivity index (χ2v) is 8.23. The van der Waals surface area contributed by atoms with E-state index >= 15 is 0 Å². The normalized spacial score (nSPS) is 23.4. The first-order valence-corrected chi connectivity index (χ1v) is 11.6. The Kier molecular flexibility index (Phi) is 9.39. The van der Waals surface area contributed by atoms with Gasteiger partial charge in [-0.1, -0.05) is 96.2 Å². The molecule has 184 valence electrons. The average Bonchev–Trinajstić information content (AvgIpc) is 2.92. The number of oxime groups is 1. The fraction of sp³-hybridized carbons (Fsp3) is 0.321. The van der Waals surface area contributed by atoms with Crippen LogP contribution < -0.4 is 0 Å². The Hall–Kier alpha value is -3.07. The van der Waals surface area contributed by atoms with Crippen molar-refractivity contribution in [1.82, 2.24) is 0 Å². The predicted octanol–water partition coefficient (Wildman–Crippen LogP) is 4.58. The van der Waals surface area contributed by atoms with Crippen molar-refractivity contribution in [3.05, 3.63) is 108 Å². The molecule has 1 saturated heterocycles. The van der Waals surface area contributed by atoms with Gasteiger partial charge in [-0.2, -0.15) is 0 Å². The first-order valence-electron chi connectivity index (χ1n) is 11.6. The quantitative estimate of drug-likeness (QED) is 0.322. The largest absolute Gasteiger partial charge is 0.411 e. The molecule has 1 heterocycles. The average molecular weight is 478 g/mol. The van der Waals surface area contributed by atoms with Gasteiger partial charge in [0.2, 0.25) is 0 Å². The summed E-state index contributed by atoms with van der Waals surface area (Å²) in [5, 5.41) is 13.6. The van der Waals surface area contributed by atoms with Gasteiger partial charge in [0.25, 0.3) is 0 Å². The molecule has 1 aliphatic heterocycles. The van der Waals surface area contributed by atoms with E-state index in [2.05, 4.69) is 5.16 Å². The summed E-state index contributed by atoms with van der Waals surface area (Å²) in [6, 6.07) is 29.5. The van der Waals surface area contributed by atoms with Gasteiger partial charge in [-0.25, -0.2) is 0 Å². The summed E-state index contributed by atoms with van der Waals surface area (Å²) in [5.74, 6) is 0. The van der Waals surface area contributed by atoms with Crippen LogP contribution in [0.2, 0.25) is 0 Å². The van der Waals surface area contributed by atoms with Gasteiger partial charge in [-0.05, 0) is 16.7 Å². The van der Waals surface area contributed by atoms with Crippen molar-refractivity contribution in [2.75, 3.05) is 13.7 Å². The monoisotopic (exact) mass is 477 g/mol. The molecule has 1 N–H and O–H groups in total. The molecular weight excluding hydrogens is 446 g/mol. The fourth-order valence-corrected chi connectivity index (χ4v) is 3.97. The van der Waals surface area contributed by atoms with Crippen LogP contribution in [0.5, 0.6) is 0 Å². The maximum atomic E-state index is 9.98. The van der Waals surface area contributed by atoms with Crippen LogP contribution in [-0.4, -0.2) is 49.2 Å². The number of ether oxygens (including phenoxy) is 5. The van der Waals surface area contributed by atoms with E-state index in [1.807, 2.05) is 91.0 Å². The van der Waals surface area contributed by atoms with Gasteiger partial charge in [0.15, 0.2) is 6.29 Å². The van der Waals surface area contributed by atoms with E-state index in [0.717, 1.165) is 16.7 Å². The first kappa shape index (κ1) is 25.0. The Balaban J connectivity index is 1.49. The topological polar surface area (TPSA) is 78.7 Å². The molecule has 0 unspecified atom stereocenters. The van der Waals surface area contributed by atoms with Crippen LogP contribution in [0.15, 0.2) is 96.2 Å². The molecule has 4 rings (SSSR count). The van der Waals surface area contributed by atoms with E-state index in [-0.39, 0.29) is 6.61 Å². The van der Waals surface area contributed by atoms with Gasteiger partial charge in [-0.15, -0.1) is 0 Å². The molecule has 4 atom stereocenters. The third-order valence-corrected chi connectivity index (χ3v) is 5.77. The van der Waals surface area contributed by atoms with Crippen molar-refractivity contribution < 1.29 is 28.9 Å². The lowest BCUT2D eigenvalue weighted by Crippen LogP contribution is -2.58. The second-order valence-electron chi connectivity index (χ2n) is 8.23. The number of benzene rings is 3. The Bertz CT molecular complexity index is 1030. The lowest BCUT2D eigenvalue weighted by Gasteiger charge is -2.40. The van der Waals surface area contributed by atoms with E-state index in [4.69, 9.17) is 23.7 Å². The summed E-state index contributed by atoms with van der Waals surface area (Å²) in [4.78, 5) is 0. The number of hydrogen-bond donors (Lipinski definition) is 1. The predicted molar refractivity (Wildman–Crippen MR) is 131 cm³/mol. The maximum Gasteiger partial charge on any atom is 0.187 e. The fourth-order valence-electron chi connectivity index (χ4n) is 3.97. The van der Waals surface area contributed by atoms with Gasteiger partial charge in [0, 0.05) is 7.11 Å². The molecule has 35 heavy (non-hydrogen) atoms. The van der Waals surface area contributed by atoms with Crippen molar-refractivity contribution >= 4 is 5.71 Å². The lowest BCUT2D eigenvalue weighted by molar-refractivity contribution is -0.250.